The standard InChI is InChI=1S/C29H47N5O3S.C18H25N5O2S/c1-3-4-5-6-7-8-9-10-11-16-23-38(35,36)31-20-14-15-21-34-26(19-22-37-2)33-27-28(34)24-17-12-13-18-25(24)32-29(27)30;1-25-12-9-15-22-16-17(23(15)11-6-5-10-20-26(2)24)13-7-3-4-8-14(13)21-18(16)19/h12-13,17-18,31H,3-11,14-16,19-23H2,1-2H3,(H2,30,32);3-4,7-8,20H,5-6,9-12H2,1-2H3,(H2,19,21). The number of fused-ring (bicyclic) bond motifs is 6. The summed E-state index contributed by atoms with van der Waals surface area (Å²) in [5, 5.41) is 2.07. The summed E-state index contributed by atoms with van der Waals surface area (Å²) in [5.74, 6) is 2.97. The van der Waals surface area contributed by atoms with E-state index in [1.165, 1.54) is 44.9 Å². The first-order valence-corrected chi connectivity index (χ1v) is 26.4. The molecule has 6 aromatic rings. The molecule has 0 saturated heterocycles. The lowest BCUT2D eigenvalue weighted by molar-refractivity contribution is 0.199. The number of nitrogens with zero attached hydrogens (tertiary/aromatic N) is 6. The van der Waals surface area contributed by atoms with E-state index in [0.717, 1.165) is 121 Å². The number of unbranched alkanes of at least 4 members (excludes halogenated alkanes) is 11. The minimum Gasteiger partial charge on any atom is -0.384 e. The van der Waals surface area contributed by atoms with Crippen LogP contribution in [-0.4, -0.2) is 94.2 Å². The molecule has 0 aliphatic carbocycles. The molecule has 0 aliphatic rings. The van der Waals surface area contributed by atoms with Gasteiger partial charge < -0.3 is 30.1 Å². The number of benzene rings is 2. The smallest absolute Gasteiger partial charge is 0.211 e. The molecule has 0 spiro atoms. The summed E-state index contributed by atoms with van der Waals surface area (Å²) in [4.78, 5) is 18.6. The van der Waals surface area contributed by atoms with Crippen LogP contribution in [0.15, 0.2) is 48.5 Å². The van der Waals surface area contributed by atoms with Crippen molar-refractivity contribution in [2.24, 2.45) is 0 Å². The largest absolute Gasteiger partial charge is 0.384 e. The van der Waals surface area contributed by atoms with E-state index in [2.05, 4.69) is 41.5 Å². The maximum atomic E-state index is 12.4. The SMILES string of the molecule is CCCCCCCCCCCCS(=O)(=O)NCCCCn1c(CCOC)nc2c(N)nc3ccccc3c21.COCCc1nc2c(N)nc3ccccc3c2n1CCCCNS(C)=O. The maximum Gasteiger partial charge on any atom is 0.211 e. The second kappa shape index (κ2) is 26.6. The van der Waals surface area contributed by atoms with Gasteiger partial charge in [-0.25, -0.2) is 42.0 Å². The van der Waals surface area contributed by atoms with Crippen molar-refractivity contribution >= 4 is 76.5 Å². The third-order valence-electron chi connectivity index (χ3n) is 11.4. The van der Waals surface area contributed by atoms with Crippen LogP contribution in [0.2, 0.25) is 0 Å². The van der Waals surface area contributed by atoms with E-state index < -0.39 is 21.0 Å². The van der Waals surface area contributed by atoms with Gasteiger partial charge in [-0.05, 0) is 44.2 Å². The molecule has 0 radical (unpaired) electrons. The number of pyridine rings is 2. The second-order valence-electron chi connectivity index (χ2n) is 16.4. The predicted octanol–water partition coefficient (Wildman–Crippen LogP) is 8.00. The average Bonchev–Trinajstić information content (AvgIpc) is 3.84. The lowest BCUT2D eigenvalue weighted by Crippen LogP contribution is -2.27. The molecule has 0 saturated carbocycles. The van der Waals surface area contributed by atoms with Crippen molar-refractivity contribution in [3.63, 3.8) is 0 Å². The zero-order chi connectivity index (χ0) is 45.7. The topological polar surface area (TPSA) is 207 Å². The number of hydrogen-bond donors (Lipinski definition) is 4. The molecule has 4 heterocycles. The zero-order valence-electron chi connectivity index (χ0n) is 38.6. The first-order chi connectivity index (χ1) is 31.1. The summed E-state index contributed by atoms with van der Waals surface area (Å²) in [7, 11) is -0.822. The van der Waals surface area contributed by atoms with E-state index in [9.17, 15) is 12.6 Å². The maximum absolute atomic E-state index is 12.4. The minimum absolute atomic E-state index is 0.217. The van der Waals surface area contributed by atoms with Gasteiger partial charge >= 0.3 is 0 Å². The first-order valence-electron chi connectivity index (χ1n) is 23.2. The fraction of sp³-hybridized carbons (Fsp3) is 0.574. The molecule has 0 fully saturated rings. The number of para-hydroxylation sites is 2. The highest BCUT2D eigenvalue weighted by Gasteiger charge is 2.19. The Morgan fingerprint density at radius 3 is 1.55 bits per heavy atom. The first kappa shape index (κ1) is 50.7. The molecular weight excluding hydrogens is 849 g/mol. The second-order valence-corrected chi connectivity index (χ2v) is 19.5. The van der Waals surface area contributed by atoms with Crippen LogP contribution in [0, 0.1) is 0 Å². The summed E-state index contributed by atoms with van der Waals surface area (Å²) >= 11 is 0. The van der Waals surface area contributed by atoms with Gasteiger partial charge in [-0.3, -0.25) is 0 Å². The van der Waals surface area contributed by atoms with Crippen molar-refractivity contribution in [2.75, 3.05) is 64.0 Å². The Morgan fingerprint density at radius 1 is 0.625 bits per heavy atom. The quantitative estimate of drug-likeness (QED) is 0.0332. The molecule has 2 aromatic carbocycles. The number of nitrogens with two attached hydrogens (primary N) is 2. The van der Waals surface area contributed by atoms with Crippen molar-refractivity contribution in [1.82, 2.24) is 38.5 Å². The van der Waals surface area contributed by atoms with Gasteiger partial charge in [-0.1, -0.05) is 101 Å². The van der Waals surface area contributed by atoms with Crippen molar-refractivity contribution in [3.05, 3.63) is 60.2 Å². The molecule has 0 amide bonds. The van der Waals surface area contributed by atoms with E-state index in [-0.39, 0.29) is 5.75 Å². The van der Waals surface area contributed by atoms with Crippen molar-refractivity contribution in [2.45, 2.75) is 123 Å². The number of rotatable bonds is 29. The molecule has 0 bridgehead atoms. The predicted molar refractivity (Wildman–Crippen MR) is 264 cm³/mol. The number of hydrogen-bond acceptors (Lipinski definition) is 11. The van der Waals surface area contributed by atoms with Gasteiger partial charge in [0.05, 0.1) is 52.0 Å². The molecule has 64 heavy (non-hydrogen) atoms. The van der Waals surface area contributed by atoms with E-state index >= 15 is 0 Å². The Hall–Kier alpha value is -4.26. The fourth-order valence-electron chi connectivity index (χ4n) is 8.15. The van der Waals surface area contributed by atoms with Gasteiger partial charge in [0.25, 0.3) is 0 Å². The number of nitrogen functional groups attached to an aromatic ring is 2. The van der Waals surface area contributed by atoms with Crippen LogP contribution < -0.4 is 20.9 Å². The Labute approximate surface area is 382 Å². The van der Waals surface area contributed by atoms with Crippen LogP contribution in [0.3, 0.4) is 0 Å². The summed E-state index contributed by atoms with van der Waals surface area (Å²) in [6.07, 6.45) is 18.4. The highest BCUT2D eigenvalue weighted by atomic mass is 32.2. The Kier molecular flexibility index (Phi) is 21.1. The lowest BCUT2D eigenvalue weighted by Gasteiger charge is -2.11. The highest BCUT2D eigenvalue weighted by molar-refractivity contribution is 7.89. The average molecular weight is 921 g/mol. The number of nitrogens with one attached hydrogen (secondary N) is 2. The number of sulfonamides is 1. The van der Waals surface area contributed by atoms with Gasteiger partial charge in [0.15, 0.2) is 11.6 Å². The Bertz CT molecular complexity index is 2490. The van der Waals surface area contributed by atoms with E-state index in [0.29, 0.717) is 43.3 Å². The number of methoxy groups -OCH3 is 2. The lowest BCUT2D eigenvalue weighted by atomic mass is 10.1. The van der Waals surface area contributed by atoms with E-state index in [4.69, 9.17) is 30.9 Å². The number of aromatic nitrogens is 6. The van der Waals surface area contributed by atoms with Crippen LogP contribution >= 0.6 is 0 Å². The number of imidazole rings is 2. The van der Waals surface area contributed by atoms with Gasteiger partial charge in [-0.15, -0.1) is 0 Å². The van der Waals surface area contributed by atoms with Gasteiger partial charge in [0.2, 0.25) is 10.0 Å². The van der Waals surface area contributed by atoms with Crippen LogP contribution in [0.25, 0.3) is 43.9 Å². The molecule has 17 heteroatoms. The molecule has 15 nitrogen and oxygen atoms in total. The fourth-order valence-corrected chi connectivity index (χ4v) is 9.76. The van der Waals surface area contributed by atoms with Crippen LogP contribution in [0.1, 0.15) is 108 Å². The monoisotopic (exact) mass is 921 g/mol. The van der Waals surface area contributed by atoms with Crippen molar-refractivity contribution < 1.29 is 22.1 Å². The molecule has 6 N–H and O–H groups in total. The van der Waals surface area contributed by atoms with Crippen molar-refractivity contribution in [1.29, 1.82) is 0 Å². The zero-order valence-corrected chi connectivity index (χ0v) is 40.2. The summed E-state index contributed by atoms with van der Waals surface area (Å²) in [6, 6.07) is 16.0. The van der Waals surface area contributed by atoms with Gasteiger partial charge in [-0.2, -0.15) is 0 Å². The third-order valence-corrected chi connectivity index (χ3v) is 13.5. The number of ether oxygens (including phenoxy) is 2. The molecule has 6 rings (SSSR count). The van der Waals surface area contributed by atoms with Gasteiger partial charge in [0.1, 0.15) is 22.7 Å². The number of anilines is 2. The Balaban J connectivity index is 0.000000258. The van der Waals surface area contributed by atoms with Crippen LogP contribution in [0.4, 0.5) is 11.6 Å². The van der Waals surface area contributed by atoms with E-state index in [1.807, 2.05) is 42.5 Å². The highest BCUT2D eigenvalue weighted by Crippen LogP contribution is 2.31. The van der Waals surface area contributed by atoms with Crippen LogP contribution in [0.5, 0.6) is 0 Å². The molecule has 1 atom stereocenters. The molecule has 352 valence electrons. The summed E-state index contributed by atoms with van der Waals surface area (Å²) in [6.45, 7) is 6.13. The van der Waals surface area contributed by atoms with Crippen LogP contribution in [-0.2, 0) is 56.4 Å². The van der Waals surface area contributed by atoms with Gasteiger partial charge in [0, 0.05) is 70.3 Å². The number of aryl methyl sites for hydroxylation is 2. The molecule has 4 aromatic heterocycles. The van der Waals surface area contributed by atoms with E-state index in [1.54, 1.807) is 20.5 Å². The van der Waals surface area contributed by atoms with Crippen molar-refractivity contribution in [3.8, 4) is 0 Å². The minimum atomic E-state index is -3.22. The normalized spacial score (nSPS) is 12.4. The summed E-state index contributed by atoms with van der Waals surface area (Å²) in [5.41, 5.74) is 17.6. The molecular formula is C47H72N10O5S2. The third kappa shape index (κ3) is 14.9. The molecule has 1 unspecified atom stereocenters. The molecule has 0 aliphatic heterocycles. The Morgan fingerprint density at radius 2 is 1.08 bits per heavy atom. The summed E-state index contributed by atoms with van der Waals surface area (Å²) < 4.78 is 56.7.